The molecule has 9 nitrogen and oxygen atoms in total. The Labute approximate surface area is 239 Å². The first-order valence-corrected chi connectivity index (χ1v) is 15.9. The number of nitrogens with zero attached hydrogens (tertiary/aromatic N) is 4. The van der Waals surface area contributed by atoms with Crippen LogP contribution in [0, 0.1) is 5.82 Å². The van der Waals surface area contributed by atoms with Crippen LogP contribution in [0.3, 0.4) is 0 Å². The zero-order valence-corrected chi connectivity index (χ0v) is 24.2. The van der Waals surface area contributed by atoms with Crippen LogP contribution in [0.5, 0.6) is 11.5 Å². The molecule has 0 aliphatic carbocycles. The number of aromatic nitrogens is 2. The summed E-state index contributed by atoms with van der Waals surface area (Å²) in [4.78, 5) is 13.3. The van der Waals surface area contributed by atoms with Crippen LogP contribution >= 0.6 is 11.6 Å². The van der Waals surface area contributed by atoms with Gasteiger partial charge >= 0.3 is 0 Å². The van der Waals surface area contributed by atoms with Crippen molar-refractivity contribution in [2.45, 2.75) is 32.2 Å². The molecule has 1 saturated heterocycles. The Balaban J connectivity index is 1.38. The quantitative estimate of drug-likeness (QED) is 0.425. The van der Waals surface area contributed by atoms with Crippen molar-refractivity contribution >= 4 is 43.8 Å². The molecular weight excluding hydrogens is 557 g/mol. The number of fused-ring (bicyclic) bond motifs is 2. The zero-order valence-electron chi connectivity index (χ0n) is 22.7. The number of ether oxygens (including phenoxy) is 2. The third-order valence-corrected chi connectivity index (χ3v) is 9.19. The Morgan fingerprint density at radius 3 is 2.75 bits per heavy atom. The van der Waals surface area contributed by atoms with E-state index in [-0.39, 0.29) is 16.5 Å². The molecule has 2 aliphatic rings. The van der Waals surface area contributed by atoms with E-state index in [4.69, 9.17) is 21.1 Å². The maximum atomic E-state index is 14.4. The Morgan fingerprint density at radius 2 is 1.93 bits per heavy atom. The molecule has 5 rings (SSSR count). The predicted octanol–water partition coefficient (Wildman–Crippen LogP) is 4.66. The predicted molar refractivity (Wildman–Crippen MR) is 155 cm³/mol. The van der Waals surface area contributed by atoms with Gasteiger partial charge in [0.2, 0.25) is 0 Å². The van der Waals surface area contributed by atoms with Crippen molar-refractivity contribution in [3.8, 4) is 11.5 Å². The molecule has 2 bridgehead atoms. The van der Waals surface area contributed by atoms with Gasteiger partial charge in [-0.05, 0) is 63.0 Å². The van der Waals surface area contributed by atoms with E-state index in [9.17, 15) is 12.8 Å². The van der Waals surface area contributed by atoms with Gasteiger partial charge in [0, 0.05) is 43.3 Å². The van der Waals surface area contributed by atoms with Crippen LogP contribution in [0.15, 0.2) is 30.6 Å². The molecule has 0 amide bonds. The minimum absolute atomic E-state index is 0.0380. The van der Waals surface area contributed by atoms with Gasteiger partial charge in [0.15, 0.2) is 21.3 Å². The largest absolute Gasteiger partial charge is 0.490 e. The van der Waals surface area contributed by atoms with Crippen LogP contribution in [0.1, 0.15) is 31.2 Å². The van der Waals surface area contributed by atoms with Crippen LogP contribution in [0.25, 0.3) is 10.9 Å². The lowest BCUT2D eigenvalue weighted by Crippen LogP contribution is -2.40. The highest BCUT2D eigenvalue weighted by Crippen LogP contribution is 2.36. The molecule has 12 heteroatoms. The number of hydrogen-bond acceptors (Lipinski definition) is 9. The van der Waals surface area contributed by atoms with E-state index in [0.717, 1.165) is 49.7 Å². The van der Waals surface area contributed by atoms with Gasteiger partial charge in [0.05, 0.1) is 35.3 Å². The molecule has 0 unspecified atom stereocenters. The molecule has 2 aliphatic heterocycles. The second-order valence-corrected chi connectivity index (χ2v) is 13.1. The lowest BCUT2D eigenvalue weighted by molar-refractivity contribution is 0.232. The van der Waals surface area contributed by atoms with Crippen molar-refractivity contribution in [1.82, 2.24) is 19.8 Å². The average Bonchev–Trinajstić information content (AvgIpc) is 2.92. The lowest BCUT2D eigenvalue weighted by atomic mass is 10.1. The molecule has 40 heavy (non-hydrogen) atoms. The molecule has 2 aromatic carbocycles. The highest BCUT2D eigenvalue weighted by Gasteiger charge is 2.21. The fraction of sp³-hybridized carbons (Fsp3) is 0.500. The molecule has 1 fully saturated rings. The minimum Gasteiger partial charge on any atom is -0.490 e. The van der Waals surface area contributed by atoms with Gasteiger partial charge in [-0.25, -0.2) is 22.8 Å². The summed E-state index contributed by atoms with van der Waals surface area (Å²) in [5.74, 6) is 1.75. The normalized spacial score (nSPS) is 18.8. The summed E-state index contributed by atoms with van der Waals surface area (Å²) in [6.07, 6.45) is 5.11. The highest BCUT2D eigenvalue weighted by atomic mass is 35.5. The van der Waals surface area contributed by atoms with E-state index >= 15 is 0 Å². The Hall–Kier alpha value is -2.73. The number of benzene rings is 2. The van der Waals surface area contributed by atoms with Crippen LogP contribution in [-0.4, -0.2) is 86.1 Å². The van der Waals surface area contributed by atoms with E-state index in [0.29, 0.717) is 61.4 Å². The summed E-state index contributed by atoms with van der Waals surface area (Å²) in [6.45, 7) is 4.34. The standard InChI is InChI=1S/C28H35ClFN5O4S/c1-34-6-3-2-4-10-38-26-15-21-25(17-27(26)39-11-5-7-35-8-12-40(36,37)13-9-35)31-19-32-28(21)33-24-16-22(29)23(30)14-20(24)18-34/h14-17,19H,2-13,18H2,1H3,(H,31,32,33). The summed E-state index contributed by atoms with van der Waals surface area (Å²) in [5, 5.41) is 4.14. The summed E-state index contributed by atoms with van der Waals surface area (Å²) >= 11 is 6.16. The molecule has 0 atom stereocenters. The minimum atomic E-state index is -2.89. The van der Waals surface area contributed by atoms with Crippen molar-refractivity contribution in [3.63, 3.8) is 0 Å². The van der Waals surface area contributed by atoms with Crippen molar-refractivity contribution in [3.05, 3.63) is 47.0 Å². The summed E-state index contributed by atoms with van der Waals surface area (Å²) in [7, 11) is -0.871. The summed E-state index contributed by atoms with van der Waals surface area (Å²) in [5.41, 5.74) is 2.15. The molecule has 0 saturated carbocycles. The number of hydrogen-bond donors (Lipinski definition) is 1. The number of sulfone groups is 1. The fourth-order valence-electron chi connectivity index (χ4n) is 5.01. The van der Waals surface area contributed by atoms with Crippen LogP contribution in [0.2, 0.25) is 5.02 Å². The van der Waals surface area contributed by atoms with Gasteiger partial charge in [0.25, 0.3) is 0 Å². The smallest absolute Gasteiger partial charge is 0.163 e. The Kier molecular flexibility index (Phi) is 9.24. The van der Waals surface area contributed by atoms with Crippen LogP contribution in [0.4, 0.5) is 15.9 Å². The summed E-state index contributed by atoms with van der Waals surface area (Å²) in [6, 6.07) is 6.82. The molecule has 3 heterocycles. The monoisotopic (exact) mass is 591 g/mol. The van der Waals surface area contributed by atoms with Crippen LogP contribution in [-0.2, 0) is 16.4 Å². The van der Waals surface area contributed by atoms with Crippen molar-refractivity contribution in [2.24, 2.45) is 0 Å². The second-order valence-electron chi connectivity index (χ2n) is 10.4. The zero-order chi connectivity index (χ0) is 28.1. The lowest BCUT2D eigenvalue weighted by Gasteiger charge is -2.26. The van der Waals surface area contributed by atoms with E-state index in [1.807, 2.05) is 19.2 Å². The molecule has 1 aromatic heterocycles. The maximum Gasteiger partial charge on any atom is 0.163 e. The molecular formula is C28H35ClFN5O4S. The number of nitrogens with one attached hydrogen (secondary N) is 1. The van der Waals surface area contributed by atoms with Gasteiger partial charge in [-0.1, -0.05) is 11.6 Å². The Morgan fingerprint density at radius 1 is 1.10 bits per heavy atom. The topological polar surface area (TPSA) is 96.9 Å². The average molecular weight is 592 g/mol. The molecule has 0 radical (unpaired) electrons. The number of anilines is 2. The first-order chi connectivity index (χ1) is 19.3. The summed E-state index contributed by atoms with van der Waals surface area (Å²) < 4.78 is 50.2. The van der Waals surface area contributed by atoms with Gasteiger partial charge in [0.1, 0.15) is 18.0 Å². The van der Waals surface area contributed by atoms with Gasteiger partial charge in [-0.15, -0.1) is 0 Å². The molecule has 216 valence electrons. The second kappa shape index (κ2) is 12.8. The van der Waals surface area contributed by atoms with E-state index in [1.165, 1.54) is 12.4 Å². The maximum absolute atomic E-state index is 14.4. The van der Waals surface area contributed by atoms with Crippen molar-refractivity contribution in [1.29, 1.82) is 0 Å². The molecule has 0 spiro atoms. The SMILES string of the molecule is CN1CCCCCOc2cc3c(ncnc3cc2OCCCN2CCS(=O)(=O)CC2)Nc2cc(Cl)c(F)cc2C1. The third-order valence-electron chi connectivity index (χ3n) is 7.30. The van der Waals surface area contributed by atoms with Crippen molar-refractivity contribution < 1.29 is 22.3 Å². The van der Waals surface area contributed by atoms with Gasteiger partial charge < -0.3 is 24.6 Å². The van der Waals surface area contributed by atoms with Gasteiger partial charge in [-0.2, -0.15) is 0 Å². The molecule has 3 aromatic rings. The van der Waals surface area contributed by atoms with Gasteiger partial charge in [-0.3, -0.25) is 0 Å². The number of rotatable bonds is 5. The van der Waals surface area contributed by atoms with E-state index < -0.39 is 15.7 Å². The first-order valence-electron chi connectivity index (χ1n) is 13.7. The highest BCUT2D eigenvalue weighted by molar-refractivity contribution is 7.91. The van der Waals surface area contributed by atoms with E-state index in [1.54, 1.807) is 6.07 Å². The molecule has 1 N–H and O–H groups in total. The van der Waals surface area contributed by atoms with E-state index in [2.05, 4.69) is 25.1 Å². The fourth-order valence-corrected chi connectivity index (χ4v) is 6.45. The first kappa shape index (κ1) is 28.8. The number of halogens is 2. The third kappa shape index (κ3) is 7.31. The van der Waals surface area contributed by atoms with Crippen LogP contribution < -0.4 is 14.8 Å². The van der Waals surface area contributed by atoms with Crippen molar-refractivity contribution in [2.75, 3.05) is 63.3 Å². The Bertz CT molecular complexity index is 1440.